The lowest BCUT2D eigenvalue weighted by Crippen LogP contribution is -2.44. The zero-order valence-corrected chi connectivity index (χ0v) is 17.0. The van der Waals surface area contributed by atoms with E-state index >= 15 is 0 Å². The van der Waals surface area contributed by atoms with Gasteiger partial charge in [-0.25, -0.2) is 4.99 Å². The fourth-order valence-corrected chi connectivity index (χ4v) is 2.64. The average Bonchev–Trinajstić information content (AvgIpc) is 3.12. The molecule has 1 heterocycles. The topological polar surface area (TPSA) is 104 Å². The number of aliphatic imine (C=N–C) groups is 1. The highest BCUT2D eigenvalue weighted by molar-refractivity contribution is 5.94. The van der Waals surface area contributed by atoms with E-state index in [-0.39, 0.29) is 12.5 Å². The van der Waals surface area contributed by atoms with Gasteiger partial charge in [0.15, 0.2) is 5.96 Å². The smallest absolute Gasteiger partial charge is 0.251 e. The van der Waals surface area contributed by atoms with E-state index in [1.54, 1.807) is 30.1 Å². The van der Waals surface area contributed by atoms with Crippen molar-refractivity contribution in [1.82, 2.24) is 25.7 Å². The van der Waals surface area contributed by atoms with Crippen LogP contribution in [0.15, 0.2) is 41.7 Å². The van der Waals surface area contributed by atoms with E-state index in [1.165, 1.54) is 0 Å². The van der Waals surface area contributed by atoms with E-state index in [0.29, 0.717) is 31.2 Å². The first-order valence-electron chi connectivity index (χ1n) is 9.46. The number of aromatic nitrogens is 2. The predicted molar refractivity (Wildman–Crippen MR) is 110 cm³/mol. The molecule has 8 nitrogen and oxygen atoms in total. The quantitative estimate of drug-likeness (QED) is 0.402. The summed E-state index contributed by atoms with van der Waals surface area (Å²) in [6.45, 7) is 7.58. The predicted octanol–water partition coefficient (Wildman–Crippen LogP) is 1.13. The Morgan fingerprint density at radius 1 is 1.25 bits per heavy atom. The molecule has 2 rings (SSSR count). The van der Waals surface area contributed by atoms with Gasteiger partial charge in [0.25, 0.3) is 5.91 Å². The van der Waals surface area contributed by atoms with Crippen molar-refractivity contribution in [3.8, 4) is 0 Å². The number of nitrogens with one attached hydrogen (secondary N) is 3. The first-order chi connectivity index (χ1) is 13.4. The van der Waals surface area contributed by atoms with Crippen LogP contribution in [0.4, 0.5) is 0 Å². The molecular formula is C20H30N6O2. The van der Waals surface area contributed by atoms with Crippen molar-refractivity contribution in [1.29, 1.82) is 0 Å². The molecule has 4 N–H and O–H groups in total. The summed E-state index contributed by atoms with van der Waals surface area (Å²) >= 11 is 0. The fraction of sp³-hybridized carbons (Fsp3) is 0.450. The van der Waals surface area contributed by atoms with Crippen LogP contribution in [-0.4, -0.2) is 46.4 Å². The van der Waals surface area contributed by atoms with Crippen molar-refractivity contribution in [3.63, 3.8) is 0 Å². The van der Waals surface area contributed by atoms with Gasteiger partial charge in [-0.1, -0.05) is 12.1 Å². The van der Waals surface area contributed by atoms with E-state index in [9.17, 15) is 9.90 Å². The largest absolute Gasteiger partial charge is 0.383 e. The van der Waals surface area contributed by atoms with Gasteiger partial charge >= 0.3 is 0 Å². The Balaban J connectivity index is 2.04. The Labute approximate surface area is 166 Å². The van der Waals surface area contributed by atoms with Gasteiger partial charge in [-0.3, -0.25) is 9.48 Å². The molecule has 0 bridgehead atoms. The standard InChI is InChI=1S/C20H30N6O2/c1-5-21-18(27)16-9-7-8-15(10-16)11-23-19(22-6-2)24-14-20(3,28)17-12-25-26(4)13-17/h7-10,12-13,28H,5-6,11,14H2,1-4H3,(H,21,27)(H2,22,23,24). The molecule has 0 aliphatic rings. The molecule has 0 spiro atoms. The van der Waals surface area contributed by atoms with Crippen LogP contribution in [0, 0.1) is 0 Å². The van der Waals surface area contributed by atoms with Gasteiger partial charge in [0.2, 0.25) is 0 Å². The lowest BCUT2D eigenvalue weighted by molar-refractivity contribution is 0.0616. The first kappa shape index (κ1) is 21.4. The molecule has 0 aliphatic carbocycles. The van der Waals surface area contributed by atoms with Crippen molar-refractivity contribution in [2.45, 2.75) is 32.9 Å². The van der Waals surface area contributed by atoms with Gasteiger partial charge in [-0.15, -0.1) is 0 Å². The number of benzene rings is 1. The van der Waals surface area contributed by atoms with Crippen LogP contribution in [0.2, 0.25) is 0 Å². The fourth-order valence-electron chi connectivity index (χ4n) is 2.64. The molecule has 2 aromatic rings. The van der Waals surface area contributed by atoms with Crippen molar-refractivity contribution >= 4 is 11.9 Å². The summed E-state index contributed by atoms with van der Waals surface area (Å²) in [5.41, 5.74) is 1.20. The SMILES string of the molecule is CCNC(=O)c1cccc(CN=C(NCC)NCC(C)(O)c2cnn(C)c2)c1. The van der Waals surface area contributed by atoms with Crippen LogP contribution in [0.5, 0.6) is 0 Å². The molecule has 152 valence electrons. The van der Waals surface area contributed by atoms with Gasteiger partial charge in [-0.05, 0) is 38.5 Å². The number of rotatable bonds is 8. The highest BCUT2D eigenvalue weighted by atomic mass is 16.3. The molecular weight excluding hydrogens is 356 g/mol. The number of carbonyl (C=O) groups is 1. The molecule has 0 radical (unpaired) electrons. The minimum atomic E-state index is -1.08. The Morgan fingerprint density at radius 2 is 2.00 bits per heavy atom. The lowest BCUT2D eigenvalue weighted by atomic mass is 10.00. The second-order valence-corrected chi connectivity index (χ2v) is 6.79. The number of aliphatic hydroxyl groups is 1. The molecule has 1 aromatic heterocycles. The van der Waals surface area contributed by atoms with Gasteiger partial charge in [0.05, 0.1) is 19.3 Å². The van der Waals surface area contributed by atoms with E-state index in [1.807, 2.05) is 39.1 Å². The third-order valence-electron chi connectivity index (χ3n) is 4.22. The number of aryl methyl sites for hydroxylation is 1. The van der Waals surface area contributed by atoms with E-state index < -0.39 is 5.60 Å². The molecule has 0 saturated carbocycles. The van der Waals surface area contributed by atoms with Crippen LogP contribution < -0.4 is 16.0 Å². The van der Waals surface area contributed by atoms with Crippen LogP contribution in [0.1, 0.15) is 42.3 Å². The Bertz CT molecular complexity index is 813. The summed E-state index contributed by atoms with van der Waals surface area (Å²) in [6, 6.07) is 7.40. The highest BCUT2D eigenvalue weighted by Gasteiger charge is 2.25. The third-order valence-corrected chi connectivity index (χ3v) is 4.22. The number of carbonyl (C=O) groups excluding carboxylic acids is 1. The number of nitrogens with zero attached hydrogens (tertiary/aromatic N) is 3. The maximum Gasteiger partial charge on any atom is 0.251 e. The molecule has 1 aromatic carbocycles. The van der Waals surface area contributed by atoms with Crippen molar-refractivity contribution in [2.24, 2.45) is 12.0 Å². The van der Waals surface area contributed by atoms with Crippen LogP contribution in [0.25, 0.3) is 0 Å². The molecule has 28 heavy (non-hydrogen) atoms. The highest BCUT2D eigenvalue weighted by Crippen LogP contribution is 2.18. The maximum atomic E-state index is 12.0. The minimum Gasteiger partial charge on any atom is -0.383 e. The van der Waals surface area contributed by atoms with Gasteiger partial charge < -0.3 is 21.1 Å². The molecule has 1 amide bonds. The van der Waals surface area contributed by atoms with Crippen molar-refractivity contribution in [3.05, 3.63) is 53.3 Å². The molecule has 0 saturated heterocycles. The minimum absolute atomic E-state index is 0.0918. The van der Waals surface area contributed by atoms with E-state index in [2.05, 4.69) is 26.0 Å². The first-order valence-corrected chi connectivity index (χ1v) is 9.46. The Morgan fingerprint density at radius 3 is 2.64 bits per heavy atom. The normalized spacial score (nSPS) is 13.7. The number of guanidine groups is 1. The summed E-state index contributed by atoms with van der Waals surface area (Å²) in [5.74, 6) is 0.501. The zero-order chi connectivity index (χ0) is 20.6. The maximum absolute atomic E-state index is 12.0. The summed E-state index contributed by atoms with van der Waals surface area (Å²) in [7, 11) is 1.81. The van der Waals surface area contributed by atoms with Gasteiger partial charge in [-0.2, -0.15) is 5.10 Å². The van der Waals surface area contributed by atoms with E-state index in [0.717, 1.165) is 11.1 Å². The van der Waals surface area contributed by atoms with Gasteiger partial charge in [0, 0.05) is 37.5 Å². The average molecular weight is 387 g/mol. The van der Waals surface area contributed by atoms with Crippen LogP contribution in [0.3, 0.4) is 0 Å². The molecule has 1 atom stereocenters. The molecule has 0 aliphatic heterocycles. The second kappa shape index (κ2) is 9.89. The van der Waals surface area contributed by atoms with E-state index in [4.69, 9.17) is 0 Å². The Hall–Kier alpha value is -2.87. The van der Waals surface area contributed by atoms with Crippen molar-refractivity contribution in [2.75, 3.05) is 19.6 Å². The number of hydrogen-bond acceptors (Lipinski definition) is 4. The lowest BCUT2D eigenvalue weighted by Gasteiger charge is -2.23. The Kier molecular flexibility index (Phi) is 7.57. The zero-order valence-electron chi connectivity index (χ0n) is 17.0. The third kappa shape index (κ3) is 6.09. The summed E-state index contributed by atoms with van der Waals surface area (Å²) < 4.78 is 1.66. The van der Waals surface area contributed by atoms with Crippen LogP contribution in [-0.2, 0) is 19.2 Å². The molecule has 1 unspecified atom stereocenters. The molecule has 0 fully saturated rings. The molecule has 8 heteroatoms. The second-order valence-electron chi connectivity index (χ2n) is 6.79. The van der Waals surface area contributed by atoms with Crippen molar-refractivity contribution < 1.29 is 9.90 Å². The van der Waals surface area contributed by atoms with Gasteiger partial charge in [0.1, 0.15) is 5.60 Å². The van der Waals surface area contributed by atoms with Crippen LogP contribution >= 0.6 is 0 Å². The number of amides is 1. The summed E-state index contributed by atoms with van der Waals surface area (Å²) in [4.78, 5) is 16.5. The summed E-state index contributed by atoms with van der Waals surface area (Å²) in [6.07, 6.45) is 3.44. The number of hydrogen-bond donors (Lipinski definition) is 4. The summed E-state index contributed by atoms with van der Waals surface area (Å²) in [5, 5.41) is 23.9. The monoisotopic (exact) mass is 386 g/mol.